The van der Waals surface area contributed by atoms with Crippen molar-refractivity contribution in [2.24, 2.45) is 0 Å². The zero-order chi connectivity index (χ0) is 16.4. The third-order valence-electron chi connectivity index (χ3n) is 3.33. The van der Waals surface area contributed by atoms with Gasteiger partial charge >= 0.3 is 0 Å². The lowest BCUT2D eigenvalue weighted by atomic mass is 10.1. The first-order valence-electron chi connectivity index (χ1n) is 6.74. The van der Waals surface area contributed by atoms with Gasteiger partial charge in [-0.2, -0.15) is 0 Å². The molecule has 1 heterocycles. The van der Waals surface area contributed by atoms with E-state index in [2.05, 4.69) is 27.3 Å². The molecule has 1 aliphatic heterocycles. The SMILES string of the molecule is O=S(=O)(NCC(I)c1ccc2c(c1)OCO2)c1ccc(F)cc1. The number of nitrogens with one attached hydrogen (secondary N) is 1. The van der Waals surface area contributed by atoms with Crippen LogP contribution in [0.2, 0.25) is 0 Å². The summed E-state index contributed by atoms with van der Waals surface area (Å²) in [6, 6.07) is 10.2. The first-order chi connectivity index (χ1) is 11.0. The van der Waals surface area contributed by atoms with Crippen LogP contribution in [0, 0.1) is 5.82 Å². The maximum atomic E-state index is 12.9. The van der Waals surface area contributed by atoms with Gasteiger partial charge in [-0.05, 0) is 42.0 Å². The molecule has 0 saturated carbocycles. The summed E-state index contributed by atoms with van der Waals surface area (Å²) in [5, 5.41) is 0. The van der Waals surface area contributed by atoms with Gasteiger partial charge in [-0.1, -0.05) is 28.7 Å². The van der Waals surface area contributed by atoms with E-state index in [1.54, 1.807) is 6.07 Å². The number of rotatable bonds is 5. The zero-order valence-corrected chi connectivity index (χ0v) is 14.8. The molecule has 1 unspecified atom stereocenters. The maximum absolute atomic E-state index is 12.9. The second-order valence-corrected chi connectivity index (χ2v) is 8.16. The molecule has 0 aromatic heterocycles. The molecule has 0 bridgehead atoms. The lowest BCUT2D eigenvalue weighted by molar-refractivity contribution is 0.174. The molecule has 122 valence electrons. The molecule has 1 atom stereocenters. The molecule has 5 nitrogen and oxygen atoms in total. The van der Waals surface area contributed by atoms with Crippen LogP contribution in [-0.4, -0.2) is 21.8 Å². The van der Waals surface area contributed by atoms with E-state index in [0.29, 0.717) is 11.5 Å². The van der Waals surface area contributed by atoms with Crippen molar-refractivity contribution >= 4 is 32.6 Å². The highest BCUT2D eigenvalue weighted by Gasteiger charge is 2.19. The summed E-state index contributed by atoms with van der Waals surface area (Å²) in [7, 11) is -3.67. The fourth-order valence-corrected chi connectivity index (χ4v) is 4.06. The number of hydrogen-bond donors (Lipinski definition) is 1. The smallest absolute Gasteiger partial charge is 0.240 e. The van der Waals surface area contributed by atoms with Gasteiger partial charge in [0.1, 0.15) is 5.82 Å². The Bertz CT molecular complexity index is 811. The summed E-state index contributed by atoms with van der Waals surface area (Å²) >= 11 is 2.15. The van der Waals surface area contributed by atoms with Gasteiger partial charge in [0.2, 0.25) is 16.8 Å². The van der Waals surface area contributed by atoms with Gasteiger partial charge in [-0.3, -0.25) is 0 Å². The molecule has 2 aromatic carbocycles. The number of hydrogen-bond acceptors (Lipinski definition) is 4. The van der Waals surface area contributed by atoms with Crippen molar-refractivity contribution in [2.45, 2.75) is 8.82 Å². The normalized spacial score (nSPS) is 14.7. The number of benzene rings is 2. The quantitative estimate of drug-likeness (QED) is 0.563. The van der Waals surface area contributed by atoms with E-state index >= 15 is 0 Å². The van der Waals surface area contributed by atoms with Crippen LogP contribution in [0.3, 0.4) is 0 Å². The number of halogens is 2. The summed E-state index contributed by atoms with van der Waals surface area (Å²) in [5.41, 5.74) is 0.927. The fourth-order valence-electron chi connectivity index (χ4n) is 2.11. The van der Waals surface area contributed by atoms with E-state index in [4.69, 9.17) is 9.47 Å². The van der Waals surface area contributed by atoms with Crippen LogP contribution in [0.4, 0.5) is 4.39 Å². The second-order valence-electron chi connectivity index (χ2n) is 4.89. The van der Waals surface area contributed by atoms with Crippen LogP contribution in [0.15, 0.2) is 47.4 Å². The van der Waals surface area contributed by atoms with Crippen molar-refractivity contribution in [3.63, 3.8) is 0 Å². The summed E-state index contributed by atoms with van der Waals surface area (Å²) in [6.07, 6.45) is 0. The van der Waals surface area contributed by atoms with E-state index in [9.17, 15) is 12.8 Å². The Morgan fingerprint density at radius 3 is 2.57 bits per heavy atom. The summed E-state index contributed by atoms with van der Waals surface area (Å²) < 4.78 is 50.3. The fraction of sp³-hybridized carbons (Fsp3) is 0.200. The van der Waals surface area contributed by atoms with Crippen molar-refractivity contribution in [2.75, 3.05) is 13.3 Å². The van der Waals surface area contributed by atoms with Crippen LogP contribution >= 0.6 is 22.6 Å². The Morgan fingerprint density at radius 2 is 1.83 bits per heavy atom. The highest BCUT2D eigenvalue weighted by atomic mass is 127. The third kappa shape index (κ3) is 3.75. The number of sulfonamides is 1. The molecule has 3 rings (SSSR count). The first-order valence-corrected chi connectivity index (χ1v) is 9.47. The van der Waals surface area contributed by atoms with Gasteiger partial charge in [0, 0.05) is 10.5 Å². The van der Waals surface area contributed by atoms with Gasteiger partial charge in [-0.15, -0.1) is 0 Å². The summed E-state index contributed by atoms with van der Waals surface area (Å²) in [5.74, 6) is 0.867. The highest BCUT2D eigenvalue weighted by Crippen LogP contribution is 2.36. The Labute approximate surface area is 147 Å². The van der Waals surface area contributed by atoms with Gasteiger partial charge in [0.25, 0.3) is 0 Å². The van der Waals surface area contributed by atoms with Gasteiger partial charge in [0.15, 0.2) is 11.5 Å². The van der Waals surface area contributed by atoms with E-state index in [0.717, 1.165) is 17.7 Å². The van der Waals surface area contributed by atoms with Crippen LogP contribution in [0.5, 0.6) is 11.5 Å². The predicted molar refractivity (Wildman–Crippen MR) is 90.9 cm³/mol. The Morgan fingerprint density at radius 1 is 1.13 bits per heavy atom. The van der Waals surface area contributed by atoms with Crippen molar-refractivity contribution < 1.29 is 22.3 Å². The monoisotopic (exact) mass is 449 g/mol. The average Bonchev–Trinajstić information content (AvgIpc) is 3.00. The molecule has 0 aliphatic carbocycles. The van der Waals surface area contributed by atoms with E-state index in [1.165, 1.54) is 12.1 Å². The standard InChI is InChI=1S/C15H13FINO4S/c16-11-2-4-12(5-3-11)23(19,20)18-8-13(17)10-1-6-14-15(7-10)22-9-21-14/h1-7,13,18H,8-9H2. The Hall–Kier alpha value is -1.39. The lowest BCUT2D eigenvalue weighted by Crippen LogP contribution is -2.27. The van der Waals surface area contributed by atoms with Crippen LogP contribution in [0.1, 0.15) is 9.49 Å². The van der Waals surface area contributed by atoms with E-state index in [-0.39, 0.29) is 22.2 Å². The molecular formula is C15H13FINO4S. The Balaban J connectivity index is 1.68. The molecule has 0 saturated heterocycles. The van der Waals surface area contributed by atoms with E-state index < -0.39 is 15.8 Å². The number of fused-ring (bicyclic) bond motifs is 1. The molecule has 1 N–H and O–H groups in total. The van der Waals surface area contributed by atoms with Crippen molar-refractivity contribution in [1.82, 2.24) is 4.72 Å². The van der Waals surface area contributed by atoms with Gasteiger partial charge < -0.3 is 9.47 Å². The Kier molecular flexibility index (Phi) is 4.74. The van der Waals surface area contributed by atoms with Gasteiger partial charge in [-0.25, -0.2) is 17.5 Å². The van der Waals surface area contributed by atoms with Crippen molar-refractivity contribution in [1.29, 1.82) is 0 Å². The summed E-state index contributed by atoms with van der Waals surface area (Å²) in [6.45, 7) is 0.405. The van der Waals surface area contributed by atoms with Crippen LogP contribution in [-0.2, 0) is 10.0 Å². The topological polar surface area (TPSA) is 64.6 Å². The average molecular weight is 449 g/mol. The summed E-state index contributed by atoms with van der Waals surface area (Å²) in [4.78, 5) is 0.0354. The molecule has 2 aromatic rings. The van der Waals surface area contributed by atoms with Crippen molar-refractivity contribution in [3.05, 3.63) is 53.8 Å². The largest absolute Gasteiger partial charge is 0.454 e. The minimum absolute atomic E-state index is 0.0354. The minimum Gasteiger partial charge on any atom is -0.454 e. The van der Waals surface area contributed by atoms with E-state index in [1.807, 2.05) is 12.1 Å². The molecule has 0 radical (unpaired) electrons. The zero-order valence-electron chi connectivity index (χ0n) is 11.8. The van der Waals surface area contributed by atoms with Gasteiger partial charge in [0.05, 0.1) is 4.90 Å². The molecule has 23 heavy (non-hydrogen) atoms. The first kappa shape index (κ1) is 16.5. The molecule has 0 amide bonds. The maximum Gasteiger partial charge on any atom is 0.240 e. The number of ether oxygens (including phenoxy) is 2. The van der Waals surface area contributed by atoms with Crippen LogP contribution in [0.25, 0.3) is 0 Å². The molecular weight excluding hydrogens is 436 g/mol. The highest BCUT2D eigenvalue weighted by molar-refractivity contribution is 14.1. The lowest BCUT2D eigenvalue weighted by Gasteiger charge is -2.13. The second kappa shape index (κ2) is 6.62. The van der Waals surface area contributed by atoms with Crippen molar-refractivity contribution in [3.8, 4) is 11.5 Å². The van der Waals surface area contributed by atoms with Crippen LogP contribution < -0.4 is 14.2 Å². The minimum atomic E-state index is -3.67. The predicted octanol–water partition coefficient (Wildman–Crippen LogP) is 3.01. The molecule has 1 aliphatic rings. The number of alkyl halides is 1. The molecule has 0 fully saturated rings. The molecule has 0 spiro atoms. The molecule has 8 heteroatoms. The third-order valence-corrected chi connectivity index (χ3v) is 5.93.